The Kier molecular flexibility index (Phi) is 5.49. The van der Waals surface area contributed by atoms with E-state index in [9.17, 15) is 4.79 Å². The Hall–Kier alpha value is -2.92. The summed E-state index contributed by atoms with van der Waals surface area (Å²) in [4.78, 5) is 16.2. The molecule has 0 fully saturated rings. The predicted molar refractivity (Wildman–Crippen MR) is 104 cm³/mol. The highest BCUT2D eigenvalue weighted by Crippen LogP contribution is 2.20. The molecule has 5 nitrogen and oxygen atoms in total. The maximum atomic E-state index is 11.8. The van der Waals surface area contributed by atoms with Gasteiger partial charge in [-0.1, -0.05) is 35.9 Å². The molecule has 6 heteroatoms. The standard InChI is InChI=1S/C20H18ClN3O2/c1-13-4-3-5-17(8-13)26-12-19(25)24-22-11-16-10-15-7-6-14(2)9-18(15)23-20(16)21/h3-11H,12H2,1-2H3,(H,24,25)/b22-11+. The van der Waals surface area contributed by atoms with Crippen molar-refractivity contribution in [1.82, 2.24) is 10.4 Å². The van der Waals surface area contributed by atoms with Crippen molar-refractivity contribution < 1.29 is 9.53 Å². The highest BCUT2D eigenvalue weighted by molar-refractivity contribution is 6.32. The van der Waals surface area contributed by atoms with Gasteiger partial charge in [0.2, 0.25) is 0 Å². The molecular weight excluding hydrogens is 350 g/mol. The number of benzene rings is 2. The topological polar surface area (TPSA) is 63.6 Å². The number of amides is 1. The number of carbonyl (C=O) groups is 1. The second-order valence-electron chi connectivity index (χ2n) is 5.96. The van der Waals surface area contributed by atoms with Crippen LogP contribution < -0.4 is 10.2 Å². The van der Waals surface area contributed by atoms with Crippen LogP contribution >= 0.6 is 11.6 Å². The average Bonchev–Trinajstić information content (AvgIpc) is 2.60. The molecule has 0 saturated heterocycles. The predicted octanol–water partition coefficient (Wildman–Crippen LogP) is 4.03. The SMILES string of the molecule is Cc1cccc(OCC(=O)N/N=C/c2cc3ccc(C)cc3nc2Cl)c1. The van der Waals surface area contributed by atoms with Gasteiger partial charge in [0.05, 0.1) is 11.7 Å². The van der Waals surface area contributed by atoms with Crippen LogP contribution in [0.15, 0.2) is 53.6 Å². The number of ether oxygens (including phenoxy) is 1. The van der Waals surface area contributed by atoms with Crippen LogP contribution in [-0.2, 0) is 4.79 Å². The fourth-order valence-corrected chi connectivity index (χ4v) is 2.61. The van der Waals surface area contributed by atoms with Gasteiger partial charge >= 0.3 is 0 Å². The molecule has 1 amide bonds. The van der Waals surface area contributed by atoms with Crippen LogP contribution in [0, 0.1) is 13.8 Å². The minimum atomic E-state index is -0.358. The molecule has 0 atom stereocenters. The van der Waals surface area contributed by atoms with E-state index in [1.54, 1.807) is 6.07 Å². The minimum Gasteiger partial charge on any atom is -0.484 e. The summed E-state index contributed by atoms with van der Waals surface area (Å²) in [5.74, 6) is 0.282. The van der Waals surface area contributed by atoms with E-state index in [0.717, 1.165) is 22.0 Å². The van der Waals surface area contributed by atoms with Gasteiger partial charge in [0.25, 0.3) is 5.91 Å². The quantitative estimate of drug-likeness (QED) is 0.420. The van der Waals surface area contributed by atoms with Crippen molar-refractivity contribution in [2.24, 2.45) is 5.10 Å². The molecule has 1 aromatic heterocycles. The normalized spacial score (nSPS) is 11.0. The van der Waals surface area contributed by atoms with Crippen LogP contribution in [0.1, 0.15) is 16.7 Å². The maximum absolute atomic E-state index is 11.8. The van der Waals surface area contributed by atoms with E-state index in [-0.39, 0.29) is 12.5 Å². The second-order valence-corrected chi connectivity index (χ2v) is 6.32. The lowest BCUT2D eigenvalue weighted by Gasteiger charge is -2.06. The number of carbonyl (C=O) groups excluding carboxylic acids is 1. The van der Waals surface area contributed by atoms with E-state index >= 15 is 0 Å². The Bertz CT molecular complexity index is 986. The largest absolute Gasteiger partial charge is 0.484 e. The summed E-state index contributed by atoms with van der Waals surface area (Å²) in [5.41, 5.74) is 6.05. The summed E-state index contributed by atoms with van der Waals surface area (Å²) in [6.07, 6.45) is 1.47. The number of hydrogen-bond acceptors (Lipinski definition) is 4. The smallest absolute Gasteiger partial charge is 0.277 e. The first kappa shape index (κ1) is 17.9. The summed E-state index contributed by atoms with van der Waals surface area (Å²) in [6, 6.07) is 15.3. The zero-order chi connectivity index (χ0) is 18.5. The third-order valence-electron chi connectivity index (χ3n) is 3.71. The van der Waals surface area contributed by atoms with Gasteiger partial charge in [-0.05, 0) is 49.2 Å². The Morgan fingerprint density at radius 1 is 1.19 bits per heavy atom. The first-order valence-electron chi connectivity index (χ1n) is 8.09. The van der Waals surface area contributed by atoms with Gasteiger partial charge in [-0.2, -0.15) is 5.10 Å². The molecule has 2 aromatic carbocycles. The molecule has 0 unspecified atom stereocenters. The summed E-state index contributed by atoms with van der Waals surface area (Å²) in [5, 5.41) is 5.21. The molecule has 132 valence electrons. The lowest BCUT2D eigenvalue weighted by atomic mass is 10.1. The fraction of sp³-hybridized carbons (Fsp3) is 0.150. The van der Waals surface area contributed by atoms with Crippen LogP contribution in [0.5, 0.6) is 5.75 Å². The van der Waals surface area contributed by atoms with E-state index in [1.807, 2.05) is 56.3 Å². The molecule has 0 aliphatic heterocycles. The number of nitrogens with zero attached hydrogens (tertiary/aromatic N) is 2. The average molecular weight is 368 g/mol. The second kappa shape index (κ2) is 7.97. The van der Waals surface area contributed by atoms with Gasteiger partial charge in [-0.25, -0.2) is 10.4 Å². The fourth-order valence-electron chi connectivity index (χ4n) is 2.42. The van der Waals surface area contributed by atoms with Gasteiger partial charge in [0.1, 0.15) is 10.9 Å². The number of rotatable bonds is 5. The van der Waals surface area contributed by atoms with Crippen molar-refractivity contribution in [3.05, 3.63) is 70.4 Å². The molecule has 3 rings (SSSR count). The molecule has 0 aliphatic carbocycles. The molecule has 0 aliphatic rings. The lowest BCUT2D eigenvalue weighted by Crippen LogP contribution is -2.24. The van der Waals surface area contributed by atoms with E-state index in [1.165, 1.54) is 6.21 Å². The van der Waals surface area contributed by atoms with Crippen LogP contribution in [0.25, 0.3) is 10.9 Å². The number of aromatic nitrogens is 1. The summed E-state index contributed by atoms with van der Waals surface area (Å²) in [6.45, 7) is 3.84. The molecule has 26 heavy (non-hydrogen) atoms. The number of nitrogens with one attached hydrogen (secondary N) is 1. The number of pyridine rings is 1. The maximum Gasteiger partial charge on any atom is 0.277 e. The Morgan fingerprint density at radius 2 is 2.00 bits per heavy atom. The zero-order valence-electron chi connectivity index (χ0n) is 14.5. The number of hydrazone groups is 1. The number of fused-ring (bicyclic) bond motifs is 1. The van der Waals surface area contributed by atoms with Crippen molar-refractivity contribution in [2.75, 3.05) is 6.61 Å². The van der Waals surface area contributed by atoms with Crippen LogP contribution in [0.2, 0.25) is 5.15 Å². The van der Waals surface area contributed by atoms with Crippen molar-refractivity contribution in [3.8, 4) is 5.75 Å². The third kappa shape index (κ3) is 4.58. The highest BCUT2D eigenvalue weighted by Gasteiger charge is 2.05. The van der Waals surface area contributed by atoms with Crippen LogP contribution in [0.4, 0.5) is 0 Å². The molecule has 0 radical (unpaired) electrons. The van der Waals surface area contributed by atoms with Crippen molar-refractivity contribution in [2.45, 2.75) is 13.8 Å². The van der Waals surface area contributed by atoms with E-state index in [2.05, 4.69) is 15.5 Å². The van der Waals surface area contributed by atoms with E-state index in [4.69, 9.17) is 16.3 Å². The summed E-state index contributed by atoms with van der Waals surface area (Å²) < 4.78 is 5.42. The van der Waals surface area contributed by atoms with Gasteiger partial charge in [0, 0.05) is 10.9 Å². The molecule has 0 saturated carbocycles. The van der Waals surface area contributed by atoms with Crippen molar-refractivity contribution >= 4 is 34.6 Å². The Morgan fingerprint density at radius 3 is 2.81 bits per heavy atom. The van der Waals surface area contributed by atoms with Crippen LogP contribution in [0.3, 0.4) is 0 Å². The number of hydrogen-bond donors (Lipinski definition) is 1. The number of halogens is 1. The van der Waals surface area contributed by atoms with Crippen LogP contribution in [-0.4, -0.2) is 23.7 Å². The summed E-state index contributed by atoms with van der Waals surface area (Å²) in [7, 11) is 0. The molecular formula is C20H18ClN3O2. The molecule has 1 heterocycles. The lowest BCUT2D eigenvalue weighted by molar-refractivity contribution is -0.123. The van der Waals surface area contributed by atoms with E-state index in [0.29, 0.717) is 16.5 Å². The summed E-state index contributed by atoms with van der Waals surface area (Å²) >= 11 is 6.19. The van der Waals surface area contributed by atoms with Gasteiger partial charge in [-0.15, -0.1) is 0 Å². The molecule has 1 N–H and O–H groups in total. The van der Waals surface area contributed by atoms with Crippen molar-refractivity contribution in [3.63, 3.8) is 0 Å². The van der Waals surface area contributed by atoms with Gasteiger partial charge in [0.15, 0.2) is 6.61 Å². The molecule has 3 aromatic rings. The number of aryl methyl sites for hydroxylation is 2. The Balaban J connectivity index is 1.61. The first-order valence-corrected chi connectivity index (χ1v) is 8.47. The highest BCUT2D eigenvalue weighted by atomic mass is 35.5. The van der Waals surface area contributed by atoms with Crippen molar-refractivity contribution in [1.29, 1.82) is 0 Å². The minimum absolute atomic E-state index is 0.121. The zero-order valence-corrected chi connectivity index (χ0v) is 15.2. The molecule has 0 spiro atoms. The van der Waals surface area contributed by atoms with Gasteiger partial charge in [-0.3, -0.25) is 4.79 Å². The van der Waals surface area contributed by atoms with E-state index < -0.39 is 0 Å². The monoisotopic (exact) mass is 367 g/mol. The first-order chi connectivity index (χ1) is 12.5. The van der Waals surface area contributed by atoms with Gasteiger partial charge < -0.3 is 4.74 Å². The third-order valence-corrected chi connectivity index (χ3v) is 4.01. The molecule has 0 bridgehead atoms. The Labute approximate surface area is 156 Å².